The number of nitrogens with zero attached hydrogens (tertiary/aromatic N) is 1. The van der Waals surface area contributed by atoms with Crippen molar-refractivity contribution in [3.8, 4) is 5.75 Å². The zero-order valence-electron chi connectivity index (χ0n) is 10.00. The second-order valence-corrected chi connectivity index (χ2v) is 3.94. The molecule has 0 amide bonds. The SMILES string of the molecule is CC[C@H](C)Oc1cccc([C@H](O)C[N+](=O)[O-])c1. The van der Waals surface area contributed by atoms with E-state index >= 15 is 0 Å². The van der Waals surface area contributed by atoms with E-state index in [-0.39, 0.29) is 6.10 Å². The zero-order valence-corrected chi connectivity index (χ0v) is 10.00. The number of aliphatic hydroxyl groups excluding tert-OH is 1. The van der Waals surface area contributed by atoms with Crippen molar-refractivity contribution in [2.24, 2.45) is 0 Å². The Morgan fingerprint density at radius 1 is 1.53 bits per heavy atom. The van der Waals surface area contributed by atoms with Crippen LogP contribution in [0.4, 0.5) is 0 Å². The Labute approximate surface area is 100 Å². The Hall–Kier alpha value is -1.62. The highest BCUT2D eigenvalue weighted by Gasteiger charge is 2.14. The van der Waals surface area contributed by atoms with Crippen molar-refractivity contribution in [2.45, 2.75) is 32.5 Å². The van der Waals surface area contributed by atoms with E-state index in [2.05, 4.69) is 0 Å². The van der Waals surface area contributed by atoms with Gasteiger partial charge in [-0.3, -0.25) is 10.1 Å². The fourth-order valence-electron chi connectivity index (χ4n) is 1.36. The molecule has 0 spiro atoms. The van der Waals surface area contributed by atoms with E-state index in [9.17, 15) is 15.2 Å². The van der Waals surface area contributed by atoms with Gasteiger partial charge < -0.3 is 9.84 Å². The van der Waals surface area contributed by atoms with E-state index in [0.29, 0.717) is 11.3 Å². The topological polar surface area (TPSA) is 72.6 Å². The number of nitro groups is 1. The summed E-state index contributed by atoms with van der Waals surface area (Å²) in [7, 11) is 0. The Morgan fingerprint density at radius 3 is 2.82 bits per heavy atom. The van der Waals surface area contributed by atoms with Crippen LogP contribution in [-0.2, 0) is 0 Å². The summed E-state index contributed by atoms with van der Waals surface area (Å²) in [5.41, 5.74) is 0.502. The number of ether oxygens (including phenoxy) is 1. The number of hydrogen-bond acceptors (Lipinski definition) is 4. The maximum Gasteiger partial charge on any atom is 0.233 e. The minimum atomic E-state index is -1.09. The van der Waals surface area contributed by atoms with Crippen molar-refractivity contribution in [1.29, 1.82) is 0 Å². The van der Waals surface area contributed by atoms with Gasteiger partial charge in [0.15, 0.2) is 0 Å². The van der Waals surface area contributed by atoms with E-state index in [1.165, 1.54) is 0 Å². The molecule has 2 atom stereocenters. The maximum atomic E-state index is 10.3. The molecule has 0 unspecified atom stereocenters. The van der Waals surface area contributed by atoms with Gasteiger partial charge in [0.05, 0.1) is 6.10 Å². The summed E-state index contributed by atoms with van der Waals surface area (Å²) in [6, 6.07) is 6.78. The smallest absolute Gasteiger partial charge is 0.233 e. The lowest BCUT2D eigenvalue weighted by molar-refractivity contribution is -0.491. The molecule has 0 fully saturated rings. The first-order valence-electron chi connectivity index (χ1n) is 5.59. The van der Waals surface area contributed by atoms with Crippen LogP contribution in [0.2, 0.25) is 0 Å². The van der Waals surface area contributed by atoms with Crippen molar-refractivity contribution in [3.05, 3.63) is 39.9 Å². The third kappa shape index (κ3) is 4.40. The minimum Gasteiger partial charge on any atom is -0.491 e. The Morgan fingerprint density at radius 2 is 2.24 bits per heavy atom. The molecule has 94 valence electrons. The van der Waals surface area contributed by atoms with Gasteiger partial charge in [-0.1, -0.05) is 19.1 Å². The van der Waals surface area contributed by atoms with Gasteiger partial charge in [-0.25, -0.2) is 0 Å². The predicted octanol–water partition coefficient (Wildman–Crippen LogP) is 2.17. The van der Waals surface area contributed by atoms with E-state index in [0.717, 1.165) is 6.42 Å². The van der Waals surface area contributed by atoms with Crippen LogP contribution in [0.3, 0.4) is 0 Å². The third-order valence-electron chi connectivity index (χ3n) is 2.48. The van der Waals surface area contributed by atoms with Gasteiger partial charge in [0, 0.05) is 4.92 Å². The van der Waals surface area contributed by atoms with Gasteiger partial charge in [0.2, 0.25) is 6.54 Å². The molecule has 0 saturated heterocycles. The van der Waals surface area contributed by atoms with Crippen LogP contribution in [0.15, 0.2) is 24.3 Å². The second kappa shape index (κ2) is 6.20. The average molecular weight is 239 g/mol. The molecule has 0 heterocycles. The molecule has 0 saturated carbocycles. The van der Waals surface area contributed by atoms with Crippen LogP contribution < -0.4 is 4.74 Å². The van der Waals surface area contributed by atoms with E-state index in [4.69, 9.17) is 4.74 Å². The summed E-state index contributed by atoms with van der Waals surface area (Å²) < 4.78 is 5.58. The van der Waals surface area contributed by atoms with Gasteiger partial charge in [0.25, 0.3) is 0 Å². The molecule has 1 N–H and O–H groups in total. The fraction of sp³-hybridized carbons (Fsp3) is 0.500. The highest BCUT2D eigenvalue weighted by atomic mass is 16.6. The molecule has 5 heteroatoms. The molecule has 0 aliphatic carbocycles. The highest BCUT2D eigenvalue weighted by molar-refractivity contribution is 5.30. The van der Waals surface area contributed by atoms with Crippen LogP contribution in [0.25, 0.3) is 0 Å². The summed E-state index contributed by atoms with van der Waals surface area (Å²) in [6.45, 7) is 3.46. The molecule has 1 rings (SSSR count). The van der Waals surface area contributed by atoms with Crippen molar-refractivity contribution in [3.63, 3.8) is 0 Å². The molecule has 5 nitrogen and oxygen atoms in total. The molecule has 0 radical (unpaired) electrons. The van der Waals surface area contributed by atoms with Crippen molar-refractivity contribution >= 4 is 0 Å². The molecular weight excluding hydrogens is 222 g/mol. The van der Waals surface area contributed by atoms with Crippen LogP contribution in [-0.4, -0.2) is 22.7 Å². The van der Waals surface area contributed by atoms with Crippen LogP contribution in [0.5, 0.6) is 5.75 Å². The van der Waals surface area contributed by atoms with Gasteiger partial charge in [-0.05, 0) is 31.0 Å². The second-order valence-electron chi connectivity index (χ2n) is 3.94. The number of benzene rings is 1. The lowest BCUT2D eigenvalue weighted by atomic mass is 10.1. The molecule has 1 aromatic rings. The Kier molecular flexibility index (Phi) is 4.90. The molecule has 0 aliphatic rings. The molecule has 0 aromatic heterocycles. The van der Waals surface area contributed by atoms with Gasteiger partial charge in [-0.15, -0.1) is 0 Å². The summed E-state index contributed by atoms with van der Waals surface area (Å²) in [4.78, 5) is 9.77. The summed E-state index contributed by atoms with van der Waals surface area (Å²) in [6.07, 6.45) is -0.134. The highest BCUT2D eigenvalue weighted by Crippen LogP contribution is 2.20. The standard InChI is InChI=1S/C12H17NO4/c1-3-9(2)17-11-6-4-5-10(7-11)12(14)8-13(15)16/h4-7,9,12,14H,3,8H2,1-2H3/t9-,12+/m0/s1. The first-order chi connectivity index (χ1) is 8.02. The Balaban J connectivity index is 2.74. The lowest BCUT2D eigenvalue weighted by Gasteiger charge is -2.14. The quantitative estimate of drug-likeness (QED) is 0.610. The first-order valence-corrected chi connectivity index (χ1v) is 5.59. The van der Waals surface area contributed by atoms with Crippen LogP contribution >= 0.6 is 0 Å². The molecule has 0 aliphatic heterocycles. The van der Waals surface area contributed by atoms with Crippen LogP contribution in [0, 0.1) is 10.1 Å². The summed E-state index contributed by atoms with van der Waals surface area (Å²) >= 11 is 0. The minimum absolute atomic E-state index is 0.0814. The Bertz CT molecular complexity index is 381. The van der Waals surface area contributed by atoms with E-state index in [1.54, 1.807) is 24.3 Å². The first kappa shape index (κ1) is 13.4. The summed E-state index contributed by atoms with van der Waals surface area (Å²) in [5, 5.41) is 19.9. The molecular formula is C12H17NO4. The predicted molar refractivity (Wildman–Crippen MR) is 63.6 cm³/mol. The van der Waals surface area contributed by atoms with Gasteiger partial charge in [0.1, 0.15) is 11.9 Å². The largest absolute Gasteiger partial charge is 0.491 e. The fourth-order valence-corrected chi connectivity index (χ4v) is 1.36. The monoisotopic (exact) mass is 239 g/mol. The summed E-state index contributed by atoms with van der Waals surface area (Å²) in [5.74, 6) is 0.624. The molecule has 0 bridgehead atoms. The van der Waals surface area contributed by atoms with Crippen molar-refractivity contribution in [2.75, 3.05) is 6.54 Å². The number of aliphatic hydroxyl groups is 1. The van der Waals surface area contributed by atoms with Gasteiger partial charge in [-0.2, -0.15) is 0 Å². The average Bonchev–Trinajstić information content (AvgIpc) is 2.28. The number of hydrogen-bond donors (Lipinski definition) is 1. The molecule has 1 aromatic carbocycles. The van der Waals surface area contributed by atoms with Crippen molar-refractivity contribution in [1.82, 2.24) is 0 Å². The lowest BCUT2D eigenvalue weighted by Crippen LogP contribution is -2.13. The zero-order chi connectivity index (χ0) is 12.8. The van der Waals surface area contributed by atoms with Crippen LogP contribution in [0.1, 0.15) is 31.9 Å². The third-order valence-corrected chi connectivity index (χ3v) is 2.48. The normalized spacial score (nSPS) is 14.1. The van der Waals surface area contributed by atoms with Gasteiger partial charge >= 0.3 is 0 Å². The maximum absolute atomic E-state index is 10.3. The number of rotatable bonds is 6. The van der Waals surface area contributed by atoms with Crippen molar-refractivity contribution < 1.29 is 14.8 Å². The molecule has 17 heavy (non-hydrogen) atoms. The van der Waals surface area contributed by atoms with E-state index < -0.39 is 17.6 Å². The van der Waals surface area contributed by atoms with E-state index in [1.807, 2.05) is 13.8 Å².